The van der Waals surface area contributed by atoms with E-state index in [2.05, 4.69) is 6.92 Å². The van der Waals surface area contributed by atoms with E-state index >= 15 is 0 Å². The van der Waals surface area contributed by atoms with E-state index in [0.717, 1.165) is 64.2 Å². The molecule has 0 saturated heterocycles. The number of ketones is 1. The maximum absolute atomic E-state index is 11.1. The first-order valence-electron chi connectivity index (χ1n) is 11.8. The second-order valence-corrected chi connectivity index (χ2v) is 9.37. The zero-order valence-corrected chi connectivity index (χ0v) is 18.1. The van der Waals surface area contributed by atoms with Crippen LogP contribution in [0, 0.1) is 17.8 Å². The zero-order valence-electron chi connectivity index (χ0n) is 18.1. The van der Waals surface area contributed by atoms with Gasteiger partial charge in [-0.25, -0.2) is 0 Å². The molecule has 4 N–H and O–H groups in total. The Bertz CT molecular complexity index is 515. The van der Waals surface area contributed by atoms with Crippen molar-refractivity contribution in [2.45, 2.75) is 108 Å². The standard InChI is InChI=1S/C24H42O5/c1-2-3-14-24(29,18-12-13-18)15-8-11-21-20(22(27)16-23(21)28)10-7-5-4-6-9-19(26)17-25/h8,11,18,20-23,25,27-29H,2-7,9-10,12-17H2,1H3/t20-,21-,22+,23-,24?/m1/s1. The van der Waals surface area contributed by atoms with Gasteiger partial charge in [-0.2, -0.15) is 0 Å². The summed E-state index contributed by atoms with van der Waals surface area (Å²) in [5.74, 6) is 0.335. The molecule has 0 aromatic rings. The molecule has 0 amide bonds. The van der Waals surface area contributed by atoms with Gasteiger partial charge in [-0.3, -0.25) is 4.79 Å². The molecule has 0 spiro atoms. The summed E-state index contributed by atoms with van der Waals surface area (Å²) >= 11 is 0. The number of Topliss-reactive ketones (excluding diaryl/α,β-unsaturated/α-hetero) is 1. The van der Waals surface area contributed by atoms with Crippen LogP contribution in [0.15, 0.2) is 12.2 Å². The molecular formula is C24H42O5. The van der Waals surface area contributed by atoms with Crippen LogP contribution in [0.1, 0.15) is 90.4 Å². The van der Waals surface area contributed by atoms with E-state index in [-0.39, 0.29) is 24.2 Å². The van der Waals surface area contributed by atoms with E-state index in [9.17, 15) is 20.1 Å². The molecule has 2 fully saturated rings. The van der Waals surface area contributed by atoms with E-state index in [1.165, 1.54) is 0 Å². The Hall–Kier alpha value is -0.750. The summed E-state index contributed by atoms with van der Waals surface area (Å²) < 4.78 is 0. The summed E-state index contributed by atoms with van der Waals surface area (Å²) in [6.45, 7) is 1.78. The zero-order chi connectivity index (χ0) is 21.3. The molecule has 0 aliphatic heterocycles. The highest BCUT2D eigenvalue weighted by molar-refractivity contribution is 5.79. The number of carbonyl (C=O) groups is 1. The van der Waals surface area contributed by atoms with Gasteiger partial charge in [-0.15, -0.1) is 0 Å². The molecule has 0 bridgehead atoms. The molecule has 1 unspecified atom stereocenters. The number of rotatable bonds is 15. The largest absolute Gasteiger partial charge is 0.393 e. The fourth-order valence-electron chi connectivity index (χ4n) is 4.92. The van der Waals surface area contributed by atoms with Crippen molar-refractivity contribution in [1.82, 2.24) is 0 Å². The second-order valence-electron chi connectivity index (χ2n) is 9.37. The summed E-state index contributed by atoms with van der Waals surface area (Å²) in [5, 5.41) is 40.6. The lowest BCUT2D eigenvalue weighted by atomic mass is 9.85. The van der Waals surface area contributed by atoms with Gasteiger partial charge < -0.3 is 20.4 Å². The number of unbranched alkanes of at least 4 members (excludes halogenated alkanes) is 4. The lowest BCUT2D eigenvalue weighted by Crippen LogP contribution is -2.30. The van der Waals surface area contributed by atoms with Crippen LogP contribution < -0.4 is 0 Å². The van der Waals surface area contributed by atoms with E-state index in [1.807, 2.05) is 12.2 Å². The fourth-order valence-corrected chi connectivity index (χ4v) is 4.92. The molecule has 2 saturated carbocycles. The lowest BCUT2D eigenvalue weighted by Gasteiger charge is -2.27. The van der Waals surface area contributed by atoms with Crippen molar-refractivity contribution in [1.29, 1.82) is 0 Å². The molecule has 0 aromatic heterocycles. The van der Waals surface area contributed by atoms with Crippen molar-refractivity contribution in [3.05, 3.63) is 12.2 Å². The molecule has 2 aliphatic rings. The number of aliphatic hydroxyl groups is 4. The first-order valence-corrected chi connectivity index (χ1v) is 11.8. The van der Waals surface area contributed by atoms with Crippen molar-refractivity contribution in [3.63, 3.8) is 0 Å². The highest BCUT2D eigenvalue weighted by Crippen LogP contribution is 2.45. The maximum atomic E-state index is 11.1. The Morgan fingerprint density at radius 3 is 2.45 bits per heavy atom. The number of aliphatic hydroxyl groups excluding tert-OH is 3. The topological polar surface area (TPSA) is 98.0 Å². The highest BCUT2D eigenvalue weighted by atomic mass is 16.3. The number of hydrogen-bond donors (Lipinski definition) is 4. The van der Waals surface area contributed by atoms with Crippen molar-refractivity contribution >= 4 is 5.78 Å². The minimum Gasteiger partial charge on any atom is -0.393 e. The fraction of sp³-hybridized carbons (Fsp3) is 0.875. The Morgan fingerprint density at radius 1 is 1.07 bits per heavy atom. The SMILES string of the molecule is CCCCC(O)(CC=C[C@@H]1[C@@H](CCCCCCC(=O)CO)[C@@H](O)C[C@H]1O)C1CC1. The van der Waals surface area contributed by atoms with E-state index in [0.29, 0.717) is 25.2 Å². The lowest BCUT2D eigenvalue weighted by molar-refractivity contribution is -0.121. The van der Waals surface area contributed by atoms with Gasteiger partial charge >= 0.3 is 0 Å². The smallest absolute Gasteiger partial charge is 0.158 e. The summed E-state index contributed by atoms with van der Waals surface area (Å²) in [5.41, 5.74) is -0.601. The second kappa shape index (κ2) is 12.2. The maximum Gasteiger partial charge on any atom is 0.158 e. The van der Waals surface area contributed by atoms with Gasteiger partial charge in [-0.05, 0) is 50.4 Å². The third-order valence-electron chi connectivity index (χ3n) is 6.97. The molecule has 0 radical (unpaired) electrons. The molecule has 0 aromatic carbocycles. The van der Waals surface area contributed by atoms with Gasteiger partial charge in [0.15, 0.2) is 5.78 Å². The van der Waals surface area contributed by atoms with Gasteiger partial charge in [0.1, 0.15) is 6.61 Å². The molecule has 168 valence electrons. The predicted molar refractivity (Wildman–Crippen MR) is 114 cm³/mol. The van der Waals surface area contributed by atoms with Crippen LogP contribution in [0.4, 0.5) is 0 Å². The van der Waals surface area contributed by atoms with Crippen LogP contribution in [0.3, 0.4) is 0 Å². The van der Waals surface area contributed by atoms with Crippen molar-refractivity contribution in [3.8, 4) is 0 Å². The summed E-state index contributed by atoms with van der Waals surface area (Å²) in [7, 11) is 0. The minimum absolute atomic E-state index is 0.0457. The van der Waals surface area contributed by atoms with E-state index < -0.39 is 17.8 Å². The van der Waals surface area contributed by atoms with Crippen LogP contribution in [0.2, 0.25) is 0 Å². The molecule has 29 heavy (non-hydrogen) atoms. The van der Waals surface area contributed by atoms with Crippen molar-refractivity contribution in [2.75, 3.05) is 6.61 Å². The monoisotopic (exact) mass is 410 g/mol. The third kappa shape index (κ3) is 7.78. The average Bonchev–Trinajstić information content (AvgIpc) is 3.51. The number of hydrogen-bond acceptors (Lipinski definition) is 5. The molecule has 5 atom stereocenters. The first kappa shape index (κ1) is 24.5. The quantitative estimate of drug-likeness (QED) is 0.245. The van der Waals surface area contributed by atoms with Crippen LogP contribution in [0.25, 0.3) is 0 Å². The molecule has 5 heteroatoms. The minimum atomic E-state index is -0.601. The summed E-state index contributed by atoms with van der Waals surface area (Å²) in [4.78, 5) is 11.1. The van der Waals surface area contributed by atoms with E-state index in [4.69, 9.17) is 5.11 Å². The Morgan fingerprint density at radius 2 is 1.79 bits per heavy atom. The van der Waals surface area contributed by atoms with E-state index in [1.54, 1.807) is 0 Å². The van der Waals surface area contributed by atoms with Crippen molar-refractivity contribution < 1.29 is 25.2 Å². The number of carbonyl (C=O) groups excluding carboxylic acids is 1. The molecular weight excluding hydrogens is 368 g/mol. The van der Waals surface area contributed by atoms with Crippen LogP contribution >= 0.6 is 0 Å². The molecule has 2 rings (SSSR count). The van der Waals surface area contributed by atoms with Gasteiger partial charge in [-0.1, -0.05) is 51.2 Å². The van der Waals surface area contributed by atoms with Crippen LogP contribution in [-0.2, 0) is 4.79 Å². The van der Waals surface area contributed by atoms with Crippen molar-refractivity contribution in [2.24, 2.45) is 17.8 Å². The molecule has 2 aliphatic carbocycles. The summed E-state index contributed by atoms with van der Waals surface area (Å²) in [6, 6.07) is 0. The first-order chi connectivity index (χ1) is 13.9. The van der Waals surface area contributed by atoms with Gasteiger partial charge in [0.25, 0.3) is 0 Å². The highest BCUT2D eigenvalue weighted by Gasteiger charge is 2.43. The molecule has 0 heterocycles. The summed E-state index contributed by atoms with van der Waals surface area (Å²) in [6.07, 6.45) is 14.4. The van der Waals surface area contributed by atoms with Gasteiger partial charge in [0, 0.05) is 18.8 Å². The Kier molecular flexibility index (Phi) is 10.3. The normalized spacial score (nSPS) is 29.4. The third-order valence-corrected chi connectivity index (χ3v) is 6.97. The van der Waals surface area contributed by atoms with Gasteiger partial charge in [0.2, 0.25) is 0 Å². The Labute approximate surface area is 176 Å². The molecule has 5 nitrogen and oxygen atoms in total. The van der Waals surface area contributed by atoms with Gasteiger partial charge in [0.05, 0.1) is 17.8 Å². The average molecular weight is 411 g/mol. The van der Waals surface area contributed by atoms with Crippen LogP contribution in [-0.4, -0.2) is 50.6 Å². The van der Waals surface area contributed by atoms with Crippen LogP contribution in [0.5, 0.6) is 0 Å². The predicted octanol–water partition coefficient (Wildman–Crippen LogP) is 3.52. The Balaban J connectivity index is 1.79.